The summed E-state index contributed by atoms with van der Waals surface area (Å²) in [6.07, 6.45) is 1.89. The second-order valence-electron chi connectivity index (χ2n) is 5.13. The Morgan fingerprint density at radius 1 is 1.68 bits per heavy atom. The van der Waals surface area contributed by atoms with Crippen LogP contribution in [0.2, 0.25) is 0 Å². The fraction of sp³-hybridized carbons (Fsp3) is 0.636. The molecule has 2 aliphatic rings. The average Bonchev–Trinajstić information content (AvgIpc) is 2.94. The lowest BCUT2D eigenvalue weighted by atomic mass is 10.3. The fourth-order valence-corrected chi connectivity index (χ4v) is 3.99. The molecule has 1 aromatic rings. The van der Waals surface area contributed by atoms with Gasteiger partial charge in [0.2, 0.25) is 5.37 Å². The van der Waals surface area contributed by atoms with E-state index >= 15 is 0 Å². The van der Waals surface area contributed by atoms with Crippen LogP contribution in [0.25, 0.3) is 0 Å². The van der Waals surface area contributed by atoms with Crippen molar-refractivity contribution in [1.29, 1.82) is 0 Å². The zero-order valence-corrected chi connectivity index (χ0v) is 12.1. The highest BCUT2D eigenvalue weighted by Gasteiger charge is 2.86. The first-order valence-corrected chi connectivity index (χ1v) is 7.01. The summed E-state index contributed by atoms with van der Waals surface area (Å²) in [6.45, 7) is 4.49. The van der Waals surface area contributed by atoms with E-state index in [1.54, 1.807) is 0 Å². The van der Waals surface area contributed by atoms with Crippen LogP contribution in [0.1, 0.15) is 18.4 Å². The molecule has 19 heavy (non-hydrogen) atoms. The number of aromatic nitrogens is 2. The van der Waals surface area contributed by atoms with Gasteiger partial charge in [0, 0.05) is 25.0 Å². The van der Waals surface area contributed by atoms with E-state index in [1.165, 1.54) is 11.8 Å². The molecule has 0 aromatic carbocycles. The van der Waals surface area contributed by atoms with Gasteiger partial charge in [0.15, 0.2) is 5.69 Å². The van der Waals surface area contributed by atoms with Gasteiger partial charge in [0.1, 0.15) is 5.82 Å². The smallest absolute Gasteiger partial charge is 0.337 e. The number of hydrogen-bond acceptors (Lipinski definition) is 5. The van der Waals surface area contributed by atoms with Crippen LogP contribution in [-0.2, 0) is 7.05 Å². The minimum absolute atomic E-state index is 0.182. The zero-order valence-electron chi connectivity index (χ0n) is 11.3. The zero-order chi connectivity index (χ0) is 14.0. The topological polar surface area (TPSA) is 73.3 Å². The van der Waals surface area contributed by atoms with Crippen molar-refractivity contribution in [2.24, 2.45) is 12.0 Å². The van der Waals surface area contributed by atoms with E-state index in [-0.39, 0.29) is 14.8 Å². The number of fused-ring (bicyclic) bond motifs is 1. The first kappa shape index (κ1) is 12.6. The molecule has 3 heterocycles. The number of nitro groups is 1. The molecule has 1 saturated heterocycles. The van der Waals surface area contributed by atoms with Gasteiger partial charge in [0.05, 0.1) is 18.5 Å². The highest BCUT2D eigenvalue weighted by atomic mass is 32.2. The van der Waals surface area contributed by atoms with E-state index in [1.807, 2.05) is 38.7 Å². The number of thioether (sulfide) groups is 1. The van der Waals surface area contributed by atoms with E-state index in [2.05, 4.69) is 9.98 Å². The molecular weight excluding hydrogens is 266 g/mol. The maximum atomic E-state index is 11.5. The van der Waals surface area contributed by atoms with Gasteiger partial charge in [-0.3, -0.25) is 10.1 Å². The monoisotopic (exact) mass is 282 g/mol. The highest BCUT2D eigenvalue weighted by Crippen LogP contribution is 2.63. The van der Waals surface area contributed by atoms with Gasteiger partial charge in [-0.1, -0.05) is 0 Å². The van der Waals surface area contributed by atoms with Crippen LogP contribution in [0.4, 0.5) is 0 Å². The molecule has 0 aliphatic carbocycles. The van der Waals surface area contributed by atoms with Crippen molar-refractivity contribution in [3.05, 3.63) is 27.8 Å². The van der Waals surface area contributed by atoms with E-state index in [0.717, 1.165) is 17.4 Å². The lowest BCUT2D eigenvalue weighted by Crippen LogP contribution is -2.59. The molecule has 2 aliphatic heterocycles. The molecule has 3 unspecified atom stereocenters. The molecule has 0 amide bonds. The summed E-state index contributed by atoms with van der Waals surface area (Å²) in [5.41, 5.74) is 0.748. The summed E-state index contributed by atoms with van der Waals surface area (Å²) in [7, 11) is 3.79. The molecule has 3 atom stereocenters. The Morgan fingerprint density at radius 2 is 2.37 bits per heavy atom. The molecule has 3 rings (SSSR count). The number of aryl methyl sites for hydroxylation is 2. The minimum atomic E-state index is -1.03. The quantitative estimate of drug-likeness (QED) is 0.358. The van der Waals surface area contributed by atoms with Crippen LogP contribution in [0, 0.1) is 17.0 Å². The first-order valence-electron chi connectivity index (χ1n) is 6.13. The van der Waals surface area contributed by atoms with E-state index in [9.17, 15) is 10.1 Å². The van der Waals surface area contributed by atoms with Gasteiger partial charge in [-0.2, -0.15) is 4.48 Å². The number of rotatable bonds is 3. The van der Waals surface area contributed by atoms with E-state index in [4.69, 9.17) is 0 Å². The summed E-state index contributed by atoms with van der Waals surface area (Å²) >= 11 is 1.33. The Morgan fingerprint density at radius 3 is 2.84 bits per heavy atom. The van der Waals surface area contributed by atoms with Crippen molar-refractivity contribution in [1.82, 2.24) is 9.55 Å². The summed E-state index contributed by atoms with van der Waals surface area (Å²) in [5, 5.41) is 11.2. The largest absolute Gasteiger partial charge is 0.433 e. The Balaban J connectivity index is 2.09. The first-order chi connectivity index (χ1) is 8.86. The molecule has 0 radical (unpaired) electrons. The standard InChI is InChI=1S/C11H16N5O2S/c1-5-16(4)9(8-6-14(3)7(2)12-8)13-10-11(16,19-10)15(17)18/h6,10H,5H2,1-4H3/q+1. The number of hydrogen-bond donors (Lipinski definition) is 0. The molecule has 0 bridgehead atoms. The van der Waals surface area contributed by atoms with Gasteiger partial charge in [-0.15, -0.1) is 0 Å². The number of nitrogens with zero attached hydrogens (tertiary/aromatic N) is 5. The summed E-state index contributed by atoms with van der Waals surface area (Å²) in [6, 6.07) is 0. The third-order valence-electron chi connectivity index (χ3n) is 4.20. The number of amidine groups is 1. The van der Waals surface area contributed by atoms with Gasteiger partial charge in [-0.05, 0) is 13.8 Å². The SMILES string of the molecule is CC[N+]1(C)C(c2cn(C)c(C)n2)=NC2SC21[N+](=O)[O-]. The third kappa shape index (κ3) is 1.33. The maximum Gasteiger partial charge on any atom is 0.433 e. The van der Waals surface area contributed by atoms with Crippen LogP contribution in [0.15, 0.2) is 11.2 Å². The number of aliphatic imine (C=N–C) groups is 1. The molecule has 7 nitrogen and oxygen atoms in total. The second kappa shape index (κ2) is 3.57. The number of imidazole rings is 1. The minimum Gasteiger partial charge on any atom is -0.337 e. The highest BCUT2D eigenvalue weighted by molar-refractivity contribution is 8.08. The molecule has 0 N–H and O–H groups in total. The van der Waals surface area contributed by atoms with Crippen molar-refractivity contribution < 1.29 is 9.41 Å². The van der Waals surface area contributed by atoms with Crippen LogP contribution in [-0.4, -0.2) is 48.8 Å². The summed E-state index contributed by atoms with van der Waals surface area (Å²) in [4.78, 5) is 19.2. The molecular formula is C11H16N5O2S+. The maximum absolute atomic E-state index is 11.5. The van der Waals surface area contributed by atoms with Crippen molar-refractivity contribution in [2.45, 2.75) is 24.2 Å². The normalized spacial score (nSPS) is 36.0. The molecule has 8 heteroatoms. The van der Waals surface area contributed by atoms with Crippen LogP contribution >= 0.6 is 11.8 Å². The van der Waals surface area contributed by atoms with Crippen molar-refractivity contribution in [3.63, 3.8) is 0 Å². The molecule has 1 aromatic heterocycles. The molecule has 102 valence electrons. The van der Waals surface area contributed by atoms with E-state index < -0.39 is 4.99 Å². The summed E-state index contributed by atoms with van der Waals surface area (Å²) < 4.78 is 2.12. The van der Waals surface area contributed by atoms with Gasteiger partial charge in [0.25, 0.3) is 5.84 Å². The Bertz CT molecular complexity index is 593. The second-order valence-corrected chi connectivity index (χ2v) is 6.41. The summed E-state index contributed by atoms with van der Waals surface area (Å²) in [5.74, 6) is 1.61. The van der Waals surface area contributed by atoms with Crippen molar-refractivity contribution >= 4 is 17.6 Å². The Hall–Kier alpha value is -1.41. The van der Waals surface area contributed by atoms with Gasteiger partial charge in [-0.25, -0.2) is 9.98 Å². The number of quaternary nitrogens is 1. The van der Waals surface area contributed by atoms with Crippen LogP contribution < -0.4 is 0 Å². The van der Waals surface area contributed by atoms with Crippen LogP contribution in [0.5, 0.6) is 0 Å². The molecule has 0 saturated carbocycles. The molecule has 1 fully saturated rings. The van der Waals surface area contributed by atoms with Gasteiger partial charge < -0.3 is 4.57 Å². The van der Waals surface area contributed by atoms with Crippen molar-refractivity contribution in [2.75, 3.05) is 13.6 Å². The van der Waals surface area contributed by atoms with Crippen LogP contribution in [0.3, 0.4) is 0 Å². The van der Waals surface area contributed by atoms with E-state index in [0.29, 0.717) is 6.54 Å². The lowest BCUT2D eigenvalue weighted by Gasteiger charge is -2.30. The predicted molar refractivity (Wildman–Crippen MR) is 72.3 cm³/mol. The fourth-order valence-electron chi connectivity index (χ4n) is 2.67. The lowest BCUT2D eigenvalue weighted by molar-refractivity contribution is -0.940. The van der Waals surface area contributed by atoms with Gasteiger partial charge >= 0.3 is 4.99 Å². The third-order valence-corrected chi connectivity index (χ3v) is 5.72. The Kier molecular flexibility index (Phi) is 2.37. The predicted octanol–water partition coefficient (Wildman–Crippen LogP) is 0.959. The average molecular weight is 282 g/mol. The number of likely N-dealkylation sites (N-methyl/N-ethyl adjacent to an activating group) is 1. The molecule has 0 spiro atoms. The van der Waals surface area contributed by atoms with Crippen molar-refractivity contribution in [3.8, 4) is 0 Å². The Labute approximate surface area is 115 Å².